The highest BCUT2D eigenvalue weighted by Crippen LogP contribution is 2.39. The fraction of sp³-hybridized carbons (Fsp3) is 0.360. The lowest BCUT2D eigenvalue weighted by atomic mass is 9.85. The third-order valence-electron chi connectivity index (χ3n) is 6.72. The molecule has 0 bridgehead atoms. The molecule has 0 saturated carbocycles. The monoisotopic (exact) mass is 447 g/mol. The molecule has 2 aliphatic rings. The van der Waals surface area contributed by atoms with E-state index in [0.29, 0.717) is 5.92 Å². The molecule has 4 heterocycles. The van der Waals surface area contributed by atoms with E-state index in [2.05, 4.69) is 39.5 Å². The second kappa shape index (κ2) is 8.35. The van der Waals surface area contributed by atoms with Gasteiger partial charge < -0.3 is 19.9 Å². The molecule has 164 valence electrons. The van der Waals surface area contributed by atoms with Gasteiger partial charge in [-0.1, -0.05) is 11.6 Å². The summed E-state index contributed by atoms with van der Waals surface area (Å²) >= 11 is 6.41. The fourth-order valence-electron chi connectivity index (χ4n) is 5.06. The summed E-state index contributed by atoms with van der Waals surface area (Å²) in [5, 5.41) is 5.36. The standard InChI is InChI=1S/C25H26ClN5O/c26-17-1-3-21-19(13-17)24(16-5-7-27-8-6-16)20(15-28-21)25-29-22-4-2-18(14-23(22)30-25)31-9-11-32-12-10-31/h1-4,13-16,27H,5-12H2,(H,29,30). The number of hydrogen-bond donors (Lipinski definition) is 2. The number of nitrogens with one attached hydrogen (secondary N) is 2. The second-order valence-electron chi connectivity index (χ2n) is 8.66. The van der Waals surface area contributed by atoms with E-state index in [9.17, 15) is 0 Å². The van der Waals surface area contributed by atoms with E-state index in [1.165, 1.54) is 11.3 Å². The van der Waals surface area contributed by atoms with Crippen LogP contribution in [0.4, 0.5) is 5.69 Å². The molecule has 2 saturated heterocycles. The number of benzene rings is 2. The van der Waals surface area contributed by atoms with Crippen molar-refractivity contribution in [3.05, 3.63) is 53.2 Å². The minimum absolute atomic E-state index is 0.451. The summed E-state index contributed by atoms with van der Waals surface area (Å²) < 4.78 is 5.50. The summed E-state index contributed by atoms with van der Waals surface area (Å²) in [6.45, 7) is 5.43. The van der Waals surface area contributed by atoms with Crippen LogP contribution in [0.2, 0.25) is 5.02 Å². The number of halogens is 1. The Kier molecular flexibility index (Phi) is 5.21. The highest BCUT2D eigenvalue weighted by molar-refractivity contribution is 6.31. The van der Waals surface area contributed by atoms with Gasteiger partial charge in [0.05, 0.1) is 29.8 Å². The maximum atomic E-state index is 6.41. The predicted molar refractivity (Wildman–Crippen MR) is 130 cm³/mol. The summed E-state index contributed by atoms with van der Waals surface area (Å²) in [6.07, 6.45) is 4.17. The van der Waals surface area contributed by atoms with Crippen molar-refractivity contribution in [3.8, 4) is 11.4 Å². The van der Waals surface area contributed by atoms with Crippen LogP contribution in [0.5, 0.6) is 0 Å². The van der Waals surface area contributed by atoms with Gasteiger partial charge in [-0.3, -0.25) is 4.98 Å². The summed E-state index contributed by atoms with van der Waals surface area (Å²) in [7, 11) is 0. The molecule has 2 N–H and O–H groups in total. The number of H-pyrrole nitrogens is 1. The first-order chi connectivity index (χ1) is 15.8. The van der Waals surface area contributed by atoms with Crippen LogP contribution in [0, 0.1) is 0 Å². The Labute approximate surface area is 191 Å². The van der Waals surface area contributed by atoms with Crippen molar-refractivity contribution in [2.45, 2.75) is 18.8 Å². The van der Waals surface area contributed by atoms with Gasteiger partial charge in [-0.25, -0.2) is 4.98 Å². The van der Waals surface area contributed by atoms with Gasteiger partial charge in [0.1, 0.15) is 5.82 Å². The van der Waals surface area contributed by atoms with Gasteiger partial charge in [0.15, 0.2) is 0 Å². The Morgan fingerprint density at radius 3 is 2.69 bits per heavy atom. The quantitative estimate of drug-likeness (QED) is 0.475. The second-order valence-corrected chi connectivity index (χ2v) is 9.09. The molecule has 2 aromatic heterocycles. The van der Waals surface area contributed by atoms with Crippen LogP contribution in [-0.2, 0) is 4.74 Å². The molecule has 0 aliphatic carbocycles. The molecule has 2 aliphatic heterocycles. The minimum Gasteiger partial charge on any atom is -0.378 e. The highest BCUT2D eigenvalue weighted by Gasteiger charge is 2.24. The summed E-state index contributed by atoms with van der Waals surface area (Å²) in [5.74, 6) is 1.33. The van der Waals surface area contributed by atoms with Crippen molar-refractivity contribution in [1.29, 1.82) is 0 Å². The number of imidazole rings is 1. The molecule has 4 aromatic rings. The van der Waals surface area contributed by atoms with Crippen LogP contribution >= 0.6 is 11.6 Å². The molecular weight excluding hydrogens is 422 g/mol. The Bertz CT molecular complexity index is 1270. The van der Waals surface area contributed by atoms with Gasteiger partial charge in [-0.05, 0) is 73.8 Å². The number of rotatable bonds is 3. The molecule has 0 amide bonds. The summed E-state index contributed by atoms with van der Waals surface area (Å²) in [6, 6.07) is 12.5. The fourth-order valence-corrected chi connectivity index (χ4v) is 5.24. The first kappa shape index (κ1) is 20.0. The van der Waals surface area contributed by atoms with Gasteiger partial charge >= 0.3 is 0 Å². The van der Waals surface area contributed by atoms with Crippen LogP contribution in [-0.4, -0.2) is 54.3 Å². The lowest BCUT2D eigenvalue weighted by Gasteiger charge is -2.28. The van der Waals surface area contributed by atoms with Crippen LogP contribution in [0.3, 0.4) is 0 Å². The molecule has 0 unspecified atom stereocenters. The Morgan fingerprint density at radius 2 is 1.84 bits per heavy atom. The number of nitrogens with zero attached hydrogens (tertiary/aromatic N) is 3. The van der Waals surface area contributed by atoms with Gasteiger partial charge in [0.2, 0.25) is 0 Å². The van der Waals surface area contributed by atoms with Gasteiger partial charge in [-0.2, -0.15) is 0 Å². The number of hydrogen-bond acceptors (Lipinski definition) is 5. The van der Waals surface area contributed by atoms with E-state index in [-0.39, 0.29) is 0 Å². The summed E-state index contributed by atoms with van der Waals surface area (Å²) in [4.78, 5) is 15.7. The number of ether oxygens (including phenoxy) is 1. The number of pyridine rings is 1. The van der Waals surface area contributed by atoms with E-state index in [0.717, 1.165) is 90.6 Å². The predicted octanol–water partition coefficient (Wildman–Crippen LogP) is 4.74. The number of anilines is 1. The van der Waals surface area contributed by atoms with Gasteiger partial charge in [-0.15, -0.1) is 0 Å². The van der Waals surface area contributed by atoms with Crippen molar-refractivity contribution in [2.24, 2.45) is 0 Å². The van der Waals surface area contributed by atoms with Crippen LogP contribution < -0.4 is 10.2 Å². The van der Waals surface area contributed by atoms with Crippen molar-refractivity contribution in [1.82, 2.24) is 20.3 Å². The molecular formula is C25H26ClN5O. The van der Waals surface area contributed by atoms with E-state index < -0.39 is 0 Å². The van der Waals surface area contributed by atoms with Crippen molar-refractivity contribution < 1.29 is 4.74 Å². The van der Waals surface area contributed by atoms with Crippen molar-refractivity contribution in [3.63, 3.8) is 0 Å². The molecule has 0 atom stereocenters. The zero-order chi connectivity index (χ0) is 21.5. The number of fused-ring (bicyclic) bond motifs is 2. The first-order valence-electron chi connectivity index (χ1n) is 11.4. The maximum Gasteiger partial charge on any atom is 0.140 e. The van der Waals surface area contributed by atoms with Gasteiger partial charge in [0, 0.05) is 40.9 Å². The first-order valence-corrected chi connectivity index (χ1v) is 11.8. The lowest BCUT2D eigenvalue weighted by molar-refractivity contribution is 0.122. The van der Waals surface area contributed by atoms with Crippen LogP contribution in [0.25, 0.3) is 33.3 Å². The van der Waals surface area contributed by atoms with E-state index >= 15 is 0 Å². The topological polar surface area (TPSA) is 66.1 Å². The number of morpholine rings is 1. The zero-order valence-corrected chi connectivity index (χ0v) is 18.7. The smallest absolute Gasteiger partial charge is 0.140 e. The van der Waals surface area contributed by atoms with Crippen molar-refractivity contribution in [2.75, 3.05) is 44.3 Å². The number of aromatic nitrogens is 3. The average Bonchev–Trinajstić information content (AvgIpc) is 3.27. The molecule has 6 nitrogen and oxygen atoms in total. The van der Waals surface area contributed by atoms with E-state index in [1.807, 2.05) is 18.3 Å². The highest BCUT2D eigenvalue weighted by atomic mass is 35.5. The summed E-state index contributed by atoms with van der Waals surface area (Å²) in [5.41, 5.74) is 6.59. The Balaban J connectivity index is 1.48. The van der Waals surface area contributed by atoms with Crippen molar-refractivity contribution >= 4 is 39.2 Å². The molecule has 7 heteroatoms. The molecule has 32 heavy (non-hydrogen) atoms. The molecule has 6 rings (SSSR count). The Morgan fingerprint density at radius 1 is 1.00 bits per heavy atom. The molecule has 0 radical (unpaired) electrons. The van der Waals surface area contributed by atoms with Crippen LogP contribution in [0.1, 0.15) is 24.3 Å². The minimum atomic E-state index is 0.451. The zero-order valence-electron chi connectivity index (χ0n) is 17.9. The molecule has 2 aromatic carbocycles. The Hall–Kier alpha value is -2.67. The molecule has 2 fully saturated rings. The number of aromatic amines is 1. The maximum absolute atomic E-state index is 6.41. The molecule has 0 spiro atoms. The largest absolute Gasteiger partial charge is 0.378 e. The van der Waals surface area contributed by atoms with Crippen LogP contribution in [0.15, 0.2) is 42.6 Å². The SMILES string of the molecule is Clc1ccc2ncc(-c3nc4cc(N5CCOCC5)ccc4[nH]3)c(C3CCNCC3)c2c1. The average molecular weight is 448 g/mol. The normalized spacial score (nSPS) is 18.0. The number of piperidine rings is 1. The van der Waals surface area contributed by atoms with E-state index in [4.69, 9.17) is 26.3 Å². The third kappa shape index (κ3) is 3.62. The van der Waals surface area contributed by atoms with E-state index in [1.54, 1.807) is 0 Å². The third-order valence-corrected chi connectivity index (χ3v) is 6.95. The van der Waals surface area contributed by atoms with Gasteiger partial charge in [0.25, 0.3) is 0 Å². The lowest BCUT2D eigenvalue weighted by Crippen LogP contribution is -2.36.